The van der Waals surface area contributed by atoms with Crippen molar-refractivity contribution in [2.45, 2.75) is 32.4 Å². The Hall–Kier alpha value is -0.860. The lowest BCUT2D eigenvalue weighted by atomic mass is 10.1. The third-order valence-corrected chi connectivity index (χ3v) is 2.65. The van der Waals surface area contributed by atoms with Crippen LogP contribution in [-0.2, 0) is 4.74 Å². The Kier molecular flexibility index (Phi) is 5.37. The first-order valence-corrected chi connectivity index (χ1v) is 5.57. The van der Waals surface area contributed by atoms with Crippen LogP contribution >= 0.6 is 0 Å². The number of methoxy groups -OCH3 is 1. The van der Waals surface area contributed by atoms with Gasteiger partial charge in [0.2, 0.25) is 0 Å². The number of ether oxygens (including phenoxy) is 1. The van der Waals surface area contributed by atoms with Crippen LogP contribution < -0.4 is 5.32 Å². The van der Waals surface area contributed by atoms with Gasteiger partial charge in [-0.3, -0.25) is 0 Å². The van der Waals surface area contributed by atoms with Crippen molar-refractivity contribution in [2.24, 2.45) is 0 Å². The molecule has 0 amide bonds. The molecule has 0 saturated heterocycles. The maximum Gasteiger partial charge on any atom is 0.0615 e. The quantitative estimate of drug-likeness (QED) is 0.774. The number of benzene rings is 1. The maximum absolute atomic E-state index is 5.17. The van der Waals surface area contributed by atoms with Gasteiger partial charge in [0.1, 0.15) is 0 Å². The van der Waals surface area contributed by atoms with E-state index in [-0.39, 0.29) is 0 Å². The van der Waals surface area contributed by atoms with E-state index in [0.29, 0.717) is 12.1 Å². The van der Waals surface area contributed by atoms with Crippen molar-refractivity contribution >= 4 is 0 Å². The Bertz CT molecular complexity index is 260. The predicted octanol–water partition coefficient (Wildman–Crippen LogP) is 2.76. The highest BCUT2D eigenvalue weighted by atomic mass is 16.5. The molecule has 0 aliphatic heterocycles. The minimum atomic E-state index is 0.381. The van der Waals surface area contributed by atoms with Crippen molar-refractivity contribution in [1.29, 1.82) is 0 Å². The first kappa shape index (κ1) is 12.2. The molecule has 1 rings (SSSR count). The van der Waals surface area contributed by atoms with Crippen molar-refractivity contribution in [3.63, 3.8) is 0 Å². The molecule has 0 fully saturated rings. The largest absolute Gasteiger partial charge is 0.383 e. The average molecular weight is 207 g/mol. The molecule has 0 aromatic heterocycles. The minimum Gasteiger partial charge on any atom is -0.383 e. The van der Waals surface area contributed by atoms with Gasteiger partial charge in [-0.05, 0) is 18.9 Å². The van der Waals surface area contributed by atoms with Gasteiger partial charge in [0.25, 0.3) is 0 Å². The summed E-state index contributed by atoms with van der Waals surface area (Å²) in [6.45, 7) is 5.13. The molecule has 0 aliphatic carbocycles. The molecule has 0 heterocycles. The van der Waals surface area contributed by atoms with E-state index in [9.17, 15) is 0 Å². The van der Waals surface area contributed by atoms with Gasteiger partial charge in [0.05, 0.1) is 6.61 Å². The van der Waals surface area contributed by atoms with E-state index in [2.05, 4.69) is 43.4 Å². The third kappa shape index (κ3) is 4.02. The summed E-state index contributed by atoms with van der Waals surface area (Å²) in [6.07, 6.45) is 1.09. The summed E-state index contributed by atoms with van der Waals surface area (Å²) in [5.74, 6) is 0. The van der Waals surface area contributed by atoms with E-state index in [1.807, 2.05) is 6.07 Å². The van der Waals surface area contributed by atoms with E-state index < -0.39 is 0 Å². The Labute approximate surface area is 92.6 Å². The lowest BCUT2D eigenvalue weighted by Crippen LogP contribution is -2.34. The Morgan fingerprint density at radius 1 is 1.27 bits per heavy atom. The van der Waals surface area contributed by atoms with Crippen LogP contribution in [0.2, 0.25) is 0 Å². The number of nitrogens with one attached hydrogen (secondary N) is 1. The molecule has 84 valence electrons. The van der Waals surface area contributed by atoms with Crippen LogP contribution in [0.4, 0.5) is 0 Å². The van der Waals surface area contributed by atoms with Crippen LogP contribution in [0.5, 0.6) is 0 Å². The first-order valence-electron chi connectivity index (χ1n) is 5.57. The topological polar surface area (TPSA) is 21.3 Å². The minimum absolute atomic E-state index is 0.381. The van der Waals surface area contributed by atoms with Crippen molar-refractivity contribution in [2.75, 3.05) is 13.7 Å². The van der Waals surface area contributed by atoms with Gasteiger partial charge in [-0.2, -0.15) is 0 Å². The number of hydrogen-bond acceptors (Lipinski definition) is 2. The number of rotatable bonds is 6. The van der Waals surface area contributed by atoms with E-state index in [1.165, 1.54) is 5.56 Å². The second kappa shape index (κ2) is 6.59. The van der Waals surface area contributed by atoms with Crippen molar-refractivity contribution in [3.8, 4) is 0 Å². The highest BCUT2D eigenvalue weighted by Crippen LogP contribution is 2.12. The summed E-state index contributed by atoms with van der Waals surface area (Å²) >= 11 is 0. The Balaban J connectivity index is 2.50. The zero-order valence-corrected chi connectivity index (χ0v) is 9.86. The molecule has 15 heavy (non-hydrogen) atoms. The standard InChI is InChI=1S/C13H21NO/c1-4-13(10-15-3)14-11(2)12-8-6-5-7-9-12/h5-9,11,13-14H,4,10H2,1-3H3/t11-,13+/m0/s1. The Morgan fingerprint density at radius 3 is 2.47 bits per heavy atom. The summed E-state index contributed by atoms with van der Waals surface area (Å²) in [4.78, 5) is 0. The molecule has 0 saturated carbocycles. The van der Waals surface area contributed by atoms with Crippen LogP contribution in [0.25, 0.3) is 0 Å². The van der Waals surface area contributed by atoms with E-state index >= 15 is 0 Å². The SMILES string of the molecule is CC[C@H](COC)N[C@@H](C)c1ccccc1. The van der Waals surface area contributed by atoms with E-state index in [4.69, 9.17) is 4.74 Å². The molecule has 1 N–H and O–H groups in total. The van der Waals surface area contributed by atoms with Crippen LogP contribution in [0.15, 0.2) is 30.3 Å². The molecule has 0 aliphatic rings. The molecule has 0 spiro atoms. The molecular weight excluding hydrogens is 186 g/mol. The monoisotopic (exact) mass is 207 g/mol. The predicted molar refractivity (Wildman–Crippen MR) is 63.9 cm³/mol. The molecule has 0 unspecified atom stereocenters. The molecule has 0 bridgehead atoms. The molecule has 0 radical (unpaired) electrons. The van der Waals surface area contributed by atoms with Gasteiger partial charge < -0.3 is 10.1 Å². The van der Waals surface area contributed by atoms with Gasteiger partial charge in [-0.15, -0.1) is 0 Å². The summed E-state index contributed by atoms with van der Waals surface area (Å²) < 4.78 is 5.17. The summed E-state index contributed by atoms with van der Waals surface area (Å²) in [7, 11) is 1.75. The van der Waals surface area contributed by atoms with Crippen LogP contribution in [0.1, 0.15) is 31.9 Å². The number of hydrogen-bond donors (Lipinski definition) is 1. The second-order valence-corrected chi connectivity index (χ2v) is 3.86. The third-order valence-electron chi connectivity index (χ3n) is 2.65. The van der Waals surface area contributed by atoms with E-state index in [0.717, 1.165) is 13.0 Å². The normalized spacial score (nSPS) is 14.9. The van der Waals surface area contributed by atoms with Gasteiger partial charge >= 0.3 is 0 Å². The molecule has 2 nitrogen and oxygen atoms in total. The summed E-state index contributed by atoms with van der Waals surface area (Å²) in [6, 6.07) is 11.3. The lowest BCUT2D eigenvalue weighted by Gasteiger charge is -2.21. The van der Waals surface area contributed by atoms with Crippen molar-refractivity contribution in [3.05, 3.63) is 35.9 Å². The van der Waals surface area contributed by atoms with E-state index in [1.54, 1.807) is 7.11 Å². The fraction of sp³-hybridized carbons (Fsp3) is 0.538. The second-order valence-electron chi connectivity index (χ2n) is 3.86. The zero-order valence-electron chi connectivity index (χ0n) is 9.86. The zero-order chi connectivity index (χ0) is 11.1. The first-order chi connectivity index (χ1) is 7.27. The average Bonchev–Trinajstić information content (AvgIpc) is 2.29. The highest BCUT2D eigenvalue weighted by Gasteiger charge is 2.10. The van der Waals surface area contributed by atoms with Crippen LogP contribution in [0.3, 0.4) is 0 Å². The van der Waals surface area contributed by atoms with Crippen molar-refractivity contribution < 1.29 is 4.74 Å². The van der Waals surface area contributed by atoms with Gasteiger partial charge in [-0.1, -0.05) is 37.3 Å². The fourth-order valence-electron chi connectivity index (χ4n) is 1.68. The molecule has 1 aromatic carbocycles. The molecule has 1 aromatic rings. The summed E-state index contributed by atoms with van der Waals surface area (Å²) in [5.41, 5.74) is 1.33. The van der Waals surface area contributed by atoms with Gasteiger partial charge in [0.15, 0.2) is 0 Å². The molecule has 2 heteroatoms. The van der Waals surface area contributed by atoms with Crippen LogP contribution in [0, 0.1) is 0 Å². The van der Waals surface area contributed by atoms with Gasteiger partial charge in [-0.25, -0.2) is 0 Å². The molecular formula is C13H21NO. The van der Waals surface area contributed by atoms with Crippen LogP contribution in [-0.4, -0.2) is 19.8 Å². The molecule has 2 atom stereocenters. The van der Waals surface area contributed by atoms with Gasteiger partial charge in [0, 0.05) is 19.2 Å². The maximum atomic E-state index is 5.17. The van der Waals surface area contributed by atoms with Crippen molar-refractivity contribution in [1.82, 2.24) is 5.32 Å². The Morgan fingerprint density at radius 2 is 1.93 bits per heavy atom. The smallest absolute Gasteiger partial charge is 0.0615 e. The highest BCUT2D eigenvalue weighted by molar-refractivity contribution is 5.18. The fourth-order valence-corrected chi connectivity index (χ4v) is 1.68. The lowest BCUT2D eigenvalue weighted by molar-refractivity contribution is 0.159. The summed E-state index contributed by atoms with van der Waals surface area (Å²) in [5, 5.41) is 3.56.